The predicted octanol–water partition coefficient (Wildman–Crippen LogP) is 4.70. The van der Waals surface area contributed by atoms with Crippen molar-refractivity contribution >= 4 is 54.4 Å². The first-order valence-electron chi connectivity index (χ1n) is 9.71. The smallest absolute Gasteiger partial charge is 0.279 e. The van der Waals surface area contributed by atoms with Crippen LogP contribution in [0.2, 0.25) is 5.02 Å². The summed E-state index contributed by atoms with van der Waals surface area (Å²) < 4.78 is 54.4. The maximum absolute atomic E-state index is 13.4. The van der Waals surface area contributed by atoms with Crippen molar-refractivity contribution in [3.63, 3.8) is 0 Å². The number of sulfonamides is 2. The number of hydrogen-bond acceptors (Lipinski definition) is 6. The minimum atomic E-state index is -3.96. The van der Waals surface area contributed by atoms with Gasteiger partial charge in [0, 0.05) is 22.0 Å². The highest BCUT2D eigenvalue weighted by atomic mass is 35.5. The Morgan fingerprint density at radius 3 is 2.56 bits per heavy atom. The third-order valence-electron chi connectivity index (χ3n) is 4.93. The number of halogens is 1. The fraction of sp³-hybridized carbons (Fsp3) is 0.190. The van der Waals surface area contributed by atoms with E-state index < -0.39 is 26.1 Å². The maximum atomic E-state index is 13.4. The van der Waals surface area contributed by atoms with E-state index in [1.807, 2.05) is 17.5 Å². The molecule has 168 valence electrons. The first kappa shape index (κ1) is 22.8. The zero-order valence-electron chi connectivity index (χ0n) is 17.0. The quantitative estimate of drug-likeness (QED) is 0.499. The van der Waals surface area contributed by atoms with Crippen LogP contribution in [0.25, 0.3) is 0 Å². The van der Waals surface area contributed by atoms with Gasteiger partial charge in [0.25, 0.3) is 10.0 Å². The standard InChI is InChI=1S/C21H20ClN3O4S3/c1-2-31(26,27)24-17-8-3-6-15(12-17)19-14-20(21-10-5-11-30-21)25(23-19)32(28,29)18-9-4-7-16(22)13-18/h3-13,20,24H,2,14H2,1H3/t20-/m0/s1. The highest BCUT2D eigenvalue weighted by molar-refractivity contribution is 7.92. The van der Waals surface area contributed by atoms with Gasteiger partial charge in [0.05, 0.1) is 16.4 Å². The molecule has 1 aliphatic heterocycles. The number of hydrazone groups is 1. The molecule has 0 radical (unpaired) electrons. The van der Waals surface area contributed by atoms with E-state index in [9.17, 15) is 16.8 Å². The van der Waals surface area contributed by atoms with Crippen molar-refractivity contribution in [3.8, 4) is 0 Å². The van der Waals surface area contributed by atoms with Gasteiger partial charge in [-0.1, -0.05) is 35.9 Å². The number of anilines is 1. The van der Waals surface area contributed by atoms with E-state index in [-0.39, 0.29) is 10.6 Å². The molecule has 0 fully saturated rings. The molecule has 1 atom stereocenters. The number of thiophene rings is 1. The van der Waals surface area contributed by atoms with Gasteiger partial charge in [0.1, 0.15) is 6.04 Å². The topological polar surface area (TPSA) is 95.9 Å². The van der Waals surface area contributed by atoms with Crippen molar-refractivity contribution in [1.82, 2.24) is 4.41 Å². The van der Waals surface area contributed by atoms with Crippen molar-refractivity contribution in [2.75, 3.05) is 10.5 Å². The molecule has 0 amide bonds. The Balaban J connectivity index is 1.75. The highest BCUT2D eigenvalue weighted by Crippen LogP contribution is 2.39. The van der Waals surface area contributed by atoms with Crippen molar-refractivity contribution in [2.45, 2.75) is 24.3 Å². The molecule has 2 aromatic carbocycles. The molecule has 0 unspecified atom stereocenters. The third-order valence-corrected chi connectivity index (χ3v) is 9.13. The van der Waals surface area contributed by atoms with Crippen molar-refractivity contribution in [2.24, 2.45) is 5.10 Å². The van der Waals surface area contributed by atoms with Crippen LogP contribution in [-0.4, -0.2) is 32.7 Å². The van der Waals surface area contributed by atoms with Gasteiger partial charge in [-0.05, 0) is 54.3 Å². The van der Waals surface area contributed by atoms with Crippen LogP contribution in [0.5, 0.6) is 0 Å². The van der Waals surface area contributed by atoms with Gasteiger partial charge in [0.15, 0.2) is 0 Å². The summed E-state index contributed by atoms with van der Waals surface area (Å²) in [4.78, 5) is 0.915. The van der Waals surface area contributed by atoms with Gasteiger partial charge in [-0.2, -0.15) is 17.9 Å². The lowest BCUT2D eigenvalue weighted by molar-refractivity contribution is 0.375. The summed E-state index contributed by atoms with van der Waals surface area (Å²) in [5.74, 6) is -0.0513. The van der Waals surface area contributed by atoms with Crippen LogP contribution in [0.3, 0.4) is 0 Å². The van der Waals surface area contributed by atoms with Gasteiger partial charge in [-0.15, -0.1) is 11.3 Å². The van der Waals surface area contributed by atoms with Crippen LogP contribution in [0.15, 0.2) is 76.0 Å². The summed E-state index contributed by atoms with van der Waals surface area (Å²) >= 11 is 7.48. The SMILES string of the molecule is CCS(=O)(=O)Nc1cccc(C2=NN(S(=O)(=O)c3cccc(Cl)c3)[C@H](c3cccs3)C2)c1. The minimum absolute atomic E-state index is 0.0513. The molecule has 0 saturated carbocycles. The molecule has 0 saturated heterocycles. The fourth-order valence-corrected chi connectivity index (χ4v) is 6.56. The predicted molar refractivity (Wildman–Crippen MR) is 128 cm³/mol. The van der Waals surface area contributed by atoms with E-state index in [4.69, 9.17) is 11.6 Å². The summed E-state index contributed by atoms with van der Waals surface area (Å²) in [7, 11) is -7.40. The number of nitrogens with zero attached hydrogens (tertiary/aromatic N) is 2. The number of rotatable bonds is 7. The minimum Gasteiger partial charge on any atom is -0.284 e. The zero-order chi connectivity index (χ0) is 22.9. The van der Waals surface area contributed by atoms with Gasteiger partial charge in [-0.25, -0.2) is 8.42 Å². The second-order valence-electron chi connectivity index (χ2n) is 7.10. The average molecular weight is 510 g/mol. The molecule has 1 aromatic heterocycles. The number of benzene rings is 2. The van der Waals surface area contributed by atoms with E-state index in [1.54, 1.807) is 43.3 Å². The van der Waals surface area contributed by atoms with Crippen LogP contribution in [0.1, 0.15) is 29.8 Å². The number of nitrogens with one attached hydrogen (secondary N) is 1. The lowest BCUT2D eigenvalue weighted by atomic mass is 10.0. The van der Waals surface area contributed by atoms with E-state index >= 15 is 0 Å². The van der Waals surface area contributed by atoms with E-state index in [1.165, 1.54) is 23.5 Å². The monoisotopic (exact) mass is 509 g/mol. The first-order chi connectivity index (χ1) is 15.2. The molecular formula is C21H20ClN3O4S3. The summed E-state index contributed by atoms with van der Waals surface area (Å²) in [5.41, 5.74) is 1.59. The molecule has 0 bridgehead atoms. The summed E-state index contributed by atoms with van der Waals surface area (Å²) in [6.07, 6.45) is 0.351. The Labute approximate surface area is 196 Å². The van der Waals surface area contributed by atoms with Gasteiger partial charge < -0.3 is 0 Å². The lowest BCUT2D eigenvalue weighted by Gasteiger charge is -2.22. The molecule has 7 nitrogen and oxygen atoms in total. The van der Waals surface area contributed by atoms with E-state index in [2.05, 4.69) is 9.82 Å². The van der Waals surface area contributed by atoms with Crippen LogP contribution >= 0.6 is 22.9 Å². The summed E-state index contributed by atoms with van der Waals surface area (Å²) in [6, 6.07) is 16.1. The van der Waals surface area contributed by atoms with Crippen LogP contribution < -0.4 is 4.72 Å². The van der Waals surface area contributed by atoms with Crippen molar-refractivity contribution in [1.29, 1.82) is 0 Å². The summed E-state index contributed by atoms with van der Waals surface area (Å²) in [6.45, 7) is 1.55. The highest BCUT2D eigenvalue weighted by Gasteiger charge is 2.38. The summed E-state index contributed by atoms with van der Waals surface area (Å²) in [5, 5.41) is 6.68. The fourth-order valence-electron chi connectivity index (χ4n) is 3.33. The Morgan fingerprint density at radius 1 is 1.09 bits per heavy atom. The molecular weight excluding hydrogens is 490 g/mol. The van der Waals surface area contributed by atoms with Crippen LogP contribution in [0.4, 0.5) is 5.69 Å². The molecule has 3 aromatic rings. The van der Waals surface area contributed by atoms with Crippen LogP contribution in [-0.2, 0) is 20.0 Å². The molecule has 1 aliphatic rings. The van der Waals surface area contributed by atoms with Gasteiger partial charge >= 0.3 is 0 Å². The Hall–Kier alpha value is -2.40. The van der Waals surface area contributed by atoms with Gasteiger partial charge in [0.2, 0.25) is 10.0 Å². The van der Waals surface area contributed by atoms with Crippen molar-refractivity contribution in [3.05, 3.63) is 81.5 Å². The first-order valence-corrected chi connectivity index (χ1v) is 14.1. The largest absolute Gasteiger partial charge is 0.284 e. The zero-order valence-corrected chi connectivity index (χ0v) is 20.2. The normalized spacial score (nSPS) is 16.8. The molecule has 4 rings (SSSR count). The molecule has 1 N–H and O–H groups in total. The molecule has 2 heterocycles. The molecule has 32 heavy (non-hydrogen) atoms. The van der Waals surface area contributed by atoms with E-state index in [0.29, 0.717) is 28.4 Å². The van der Waals surface area contributed by atoms with Crippen LogP contribution in [0, 0.1) is 0 Å². The average Bonchev–Trinajstić information content (AvgIpc) is 3.44. The second kappa shape index (κ2) is 8.86. The van der Waals surface area contributed by atoms with E-state index in [0.717, 1.165) is 9.29 Å². The lowest BCUT2D eigenvalue weighted by Crippen LogP contribution is -2.26. The van der Waals surface area contributed by atoms with Gasteiger partial charge in [-0.3, -0.25) is 4.72 Å². The molecule has 11 heteroatoms. The third kappa shape index (κ3) is 4.68. The van der Waals surface area contributed by atoms with Crippen molar-refractivity contribution < 1.29 is 16.8 Å². The Kier molecular flexibility index (Phi) is 6.30. The number of hydrogen-bond donors (Lipinski definition) is 1. The Bertz CT molecular complexity index is 1370. The molecule has 0 spiro atoms. The maximum Gasteiger partial charge on any atom is 0.279 e. The Morgan fingerprint density at radius 2 is 1.88 bits per heavy atom. The molecule has 0 aliphatic carbocycles. The second-order valence-corrected chi connectivity index (χ2v) is 12.3.